The lowest BCUT2D eigenvalue weighted by atomic mass is 10.4. The van der Waals surface area contributed by atoms with Crippen LogP contribution >= 0.6 is 11.8 Å². The van der Waals surface area contributed by atoms with Crippen LogP contribution in [0.1, 0.15) is 32.1 Å². The summed E-state index contributed by atoms with van der Waals surface area (Å²) < 4.78 is 6.72. The summed E-state index contributed by atoms with van der Waals surface area (Å²) in [6.07, 6.45) is 0.335. The highest BCUT2D eigenvalue weighted by molar-refractivity contribution is 7.99. The zero-order chi connectivity index (χ0) is 15.4. The number of carbonyl (C=O) groups is 1. The predicted octanol–water partition coefficient (Wildman–Crippen LogP) is 1.86. The van der Waals surface area contributed by atoms with Crippen molar-refractivity contribution in [2.45, 2.75) is 38.4 Å². The van der Waals surface area contributed by atoms with E-state index in [9.17, 15) is 4.79 Å². The van der Waals surface area contributed by atoms with Gasteiger partial charge in [0.05, 0.1) is 0 Å². The summed E-state index contributed by atoms with van der Waals surface area (Å²) in [7, 11) is 0. The van der Waals surface area contributed by atoms with Crippen molar-refractivity contribution in [3.05, 3.63) is 11.8 Å². The molecule has 0 saturated heterocycles. The largest absolute Gasteiger partial charge is 0.368 e. The van der Waals surface area contributed by atoms with Crippen molar-refractivity contribution in [1.29, 1.82) is 0 Å². The molecule has 0 aliphatic heterocycles. The van der Waals surface area contributed by atoms with E-state index in [1.165, 1.54) is 11.8 Å². The van der Waals surface area contributed by atoms with Gasteiger partial charge in [0, 0.05) is 24.3 Å². The molecule has 2 aromatic rings. The SMILES string of the molecule is Cc1cc(NC(=O)CCSc2nnc(N)n2C(C)C)no1. The average Bonchev–Trinajstić information content (AvgIpc) is 2.96. The Morgan fingerprint density at radius 1 is 1.52 bits per heavy atom. The zero-order valence-corrected chi connectivity index (χ0v) is 13.0. The van der Waals surface area contributed by atoms with E-state index >= 15 is 0 Å². The van der Waals surface area contributed by atoms with E-state index in [1.807, 2.05) is 18.4 Å². The molecule has 1 amide bonds. The highest BCUT2D eigenvalue weighted by Crippen LogP contribution is 2.23. The van der Waals surface area contributed by atoms with Crippen molar-refractivity contribution >= 4 is 29.4 Å². The topological polar surface area (TPSA) is 112 Å². The molecule has 0 unspecified atom stereocenters. The molecule has 0 atom stereocenters. The molecule has 0 aromatic carbocycles. The van der Waals surface area contributed by atoms with Crippen LogP contribution in [-0.2, 0) is 4.79 Å². The third kappa shape index (κ3) is 3.97. The van der Waals surface area contributed by atoms with E-state index < -0.39 is 0 Å². The van der Waals surface area contributed by atoms with Gasteiger partial charge in [-0.2, -0.15) is 0 Å². The lowest BCUT2D eigenvalue weighted by molar-refractivity contribution is -0.115. The third-order valence-corrected chi connectivity index (χ3v) is 3.61. The van der Waals surface area contributed by atoms with Gasteiger partial charge in [0.1, 0.15) is 5.76 Å². The smallest absolute Gasteiger partial charge is 0.226 e. The van der Waals surface area contributed by atoms with E-state index in [0.717, 1.165) is 0 Å². The van der Waals surface area contributed by atoms with Crippen LogP contribution < -0.4 is 11.1 Å². The second-order valence-corrected chi connectivity index (χ2v) is 5.84. The van der Waals surface area contributed by atoms with Gasteiger partial charge in [-0.15, -0.1) is 10.2 Å². The minimum Gasteiger partial charge on any atom is -0.368 e. The third-order valence-electron chi connectivity index (χ3n) is 2.66. The lowest BCUT2D eigenvalue weighted by Gasteiger charge is -2.10. The number of aromatic nitrogens is 4. The number of nitrogen functional groups attached to an aromatic ring is 1. The van der Waals surface area contributed by atoms with Crippen molar-refractivity contribution in [1.82, 2.24) is 19.9 Å². The number of amides is 1. The maximum atomic E-state index is 11.8. The van der Waals surface area contributed by atoms with Gasteiger partial charge in [0.25, 0.3) is 0 Å². The molecule has 0 aliphatic carbocycles. The molecule has 3 N–H and O–H groups in total. The fourth-order valence-corrected chi connectivity index (χ4v) is 2.75. The van der Waals surface area contributed by atoms with Gasteiger partial charge in [-0.05, 0) is 20.8 Å². The van der Waals surface area contributed by atoms with Gasteiger partial charge in [-0.25, -0.2) is 0 Å². The summed E-state index contributed by atoms with van der Waals surface area (Å²) in [5.41, 5.74) is 5.76. The second kappa shape index (κ2) is 6.61. The van der Waals surface area contributed by atoms with Gasteiger partial charge >= 0.3 is 0 Å². The number of rotatable bonds is 6. The number of hydrogen-bond acceptors (Lipinski definition) is 7. The highest BCUT2D eigenvalue weighted by Gasteiger charge is 2.13. The highest BCUT2D eigenvalue weighted by atomic mass is 32.2. The number of nitrogens with zero attached hydrogens (tertiary/aromatic N) is 4. The van der Waals surface area contributed by atoms with Crippen LogP contribution in [0.4, 0.5) is 11.8 Å². The molecular formula is C12H18N6O2S. The number of hydrogen-bond donors (Lipinski definition) is 2. The van der Waals surface area contributed by atoms with Crippen molar-refractivity contribution in [3.63, 3.8) is 0 Å². The molecule has 0 radical (unpaired) electrons. The van der Waals surface area contributed by atoms with Crippen molar-refractivity contribution < 1.29 is 9.32 Å². The van der Waals surface area contributed by atoms with E-state index in [2.05, 4.69) is 20.7 Å². The standard InChI is InChI=1S/C12H18N6O2S/c1-7(2)18-11(13)15-16-12(18)21-5-4-10(19)14-9-6-8(3)20-17-9/h6-7H,4-5H2,1-3H3,(H2,13,15)(H,14,17,19). The lowest BCUT2D eigenvalue weighted by Crippen LogP contribution is -2.13. The number of nitrogens with one attached hydrogen (secondary N) is 1. The molecule has 2 heterocycles. The summed E-state index contributed by atoms with van der Waals surface area (Å²) in [6, 6.07) is 1.84. The number of anilines is 2. The molecule has 114 valence electrons. The molecule has 0 saturated carbocycles. The van der Waals surface area contributed by atoms with Crippen molar-refractivity contribution in [2.75, 3.05) is 16.8 Å². The van der Waals surface area contributed by atoms with Crippen molar-refractivity contribution in [3.8, 4) is 0 Å². The van der Waals surface area contributed by atoms with E-state index in [4.69, 9.17) is 10.3 Å². The van der Waals surface area contributed by atoms with Crippen LogP contribution in [0.15, 0.2) is 15.7 Å². The molecule has 2 aromatic heterocycles. The molecule has 21 heavy (non-hydrogen) atoms. The molecular weight excluding hydrogens is 292 g/mol. The first-order chi connectivity index (χ1) is 9.97. The zero-order valence-electron chi connectivity index (χ0n) is 12.2. The normalized spacial score (nSPS) is 11.0. The van der Waals surface area contributed by atoms with Gasteiger partial charge in [0.15, 0.2) is 11.0 Å². The second-order valence-electron chi connectivity index (χ2n) is 4.77. The number of nitrogens with two attached hydrogens (primary N) is 1. The van der Waals surface area contributed by atoms with Crippen LogP contribution in [0.3, 0.4) is 0 Å². The fourth-order valence-electron chi connectivity index (χ4n) is 1.74. The summed E-state index contributed by atoms with van der Waals surface area (Å²) in [5, 5.41) is 15.0. The van der Waals surface area contributed by atoms with Gasteiger partial charge in [-0.3, -0.25) is 9.36 Å². The first-order valence-electron chi connectivity index (χ1n) is 6.53. The van der Waals surface area contributed by atoms with Crippen LogP contribution in [0.2, 0.25) is 0 Å². The van der Waals surface area contributed by atoms with Crippen LogP contribution in [0.5, 0.6) is 0 Å². The van der Waals surface area contributed by atoms with E-state index in [1.54, 1.807) is 13.0 Å². The first-order valence-corrected chi connectivity index (χ1v) is 7.52. The quantitative estimate of drug-likeness (QED) is 0.783. The maximum Gasteiger partial charge on any atom is 0.226 e. The van der Waals surface area contributed by atoms with Gasteiger partial charge in [-0.1, -0.05) is 16.9 Å². The monoisotopic (exact) mass is 310 g/mol. The number of aryl methyl sites for hydroxylation is 1. The number of carbonyl (C=O) groups excluding carboxylic acids is 1. The van der Waals surface area contributed by atoms with Crippen LogP contribution in [0.25, 0.3) is 0 Å². The summed E-state index contributed by atoms with van der Waals surface area (Å²) >= 11 is 1.44. The predicted molar refractivity (Wildman–Crippen MR) is 80.0 cm³/mol. The Bertz CT molecular complexity index is 621. The Morgan fingerprint density at radius 3 is 2.90 bits per heavy atom. The fraction of sp³-hybridized carbons (Fsp3) is 0.500. The maximum absolute atomic E-state index is 11.8. The first kappa shape index (κ1) is 15.4. The van der Waals surface area contributed by atoms with Gasteiger partial charge in [0.2, 0.25) is 11.9 Å². The number of thioether (sulfide) groups is 1. The Kier molecular flexibility index (Phi) is 4.84. The average molecular weight is 310 g/mol. The molecule has 0 aliphatic rings. The Hall–Kier alpha value is -2.03. The van der Waals surface area contributed by atoms with E-state index in [0.29, 0.717) is 34.9 Å². The van der Waals surface area contributed by atoms with Crippen LogP contribution in [0, 0.1) is 6.92 Å². The van der Waals surface area contributed by atoms with Gasteiger partial charge < -0.3 is 15.6 Å². The summed E-state index contributed by atoms with van der Waals surface area (Å²) in [5.74, 6) is 1.92. The van der Waals surface area contributed by atoms with Crippen molar-refractivity contribution in [2.24, 2.45) is 0 Å². The van der Waals surface area contributed by atoms with E-state index in [-0.39, 0.29) is 11.9 Å². The molecule has 0 bridgehead atoms. The van der Waals surface area contributed by atoms with Crippen LogP contribution in [-0.4, -0.2) is 31.6 Å². The minimum absolute atomic E-state index is 0.126. The minimum atomic E-state index is -0.126. The summed E-state index contributed by atoms with van der Waals surface area (Å²) in [4.78, 5) is 11.8. The molecule has 0 fully saturated rings. The Balaban J connectivity index is 1.83. The Labute approximate surface area is 126 Å². The summed E-state index contributed by atoms with van der Waals surface area (Å²) in [6.45, 7) is 5.77. The molecule has 0 spiro atoms. The molecule has 2 rings (SSSR count). The molecule has 9 heteroatoms. The molecule has 8 nitrogen and oxygen atoms in total. The Morgan fingerprint density at radius 2 is 2.29 bits per heavy atom.